The number of hydrogen-bond acceptors (Lipinski definition) is 3. The monoisotopic (exact) mass is 219 g/mol. The summed E-state index contributed by atoms with van der Waals surface area (Å²) in [6.45, 7) is 4.51. The minimum atomic E-state index is 0.392. The Bertz CT molecular complexity index is 306. The van der Waals surface area contributed by atoms with Gasteiger partial charge >= 0.3 is 0 Å². The summed E-state index contributed by atoms with van der Waals surface area (Å²) in [6.07, 6.45) is 4.49. The molecule has 1 aromatic heterocycles. The van der Waals surface area contributed by atoms with Crippen molar-refractivity contribution >= 4 is 0 Å². The second-order valence-electron chi connectivity index (χ2n) is 4.66. The highest BCUT2D eigenvalue weighted by Gasteiger charge is 2.19. The summed E-state index contributed by atoms with van der Waals surface area (Å²) in [4.78, 5) is 6.79. The maximum Gasteiger partial charge on any atom is 0.0572 e. The Morgan fingerprint density at radius 2 is 2.44 bits per heavy atom. The Balaban J connectivity index is 1.91. The molecule has 0 saturated carbocycles. The van der Waals surface area contributed by atoms with E-state index in [4.69, 9.17) is 0 Å². The Morgan fingerprint density at radius 3 is 3.06 bits per heavy atom. The fourth-order valence-electron chi connectivity index (χ4n) is 2.27. The fraction of sp³-hybridized carbons (Fsp3) is 0.615. The van der Waals surface area contributed by atoms with Crippen LogP contribution in [0.5, 0.6) is 0 Å². The van der Waals surface area contributed by atoms with Crippen LogP contribution in [0.1, 0.15) is 31.5 Å². The van der Waals surface area contributed by atoms with Crippen LogP contribution < -0.4 is 5.32 Å². The molecule has 1 saturated heterocycles. The largest absolute Gasteiger partial charge is 0.313 e. The highest BCUT2D eigenvalue weighted by Crippen LogP contribution is 2.17. The summed E-state index contributed by atoms with van der Waals surface area (Å²) in [5.74, 6) is 0. The van der Waals surface area contributed by atoms with E-state index >= 15 is 0 Å². The maximum atomic E-state index is 4.41. The summed E-state index contributed by atoms with van der Waals surface area (Å²) in [7, 11) is 2.18. The number of pyridine rings is 1. The highest BCUT2D eigenvalue weighted by molar-refractivity contribution is 5.07. The quantitative estimate of drug-likeness (QED) is 0.837. The predicted octanol–water partition coefficient (Wildman–Crippen LogP) is 1.83. The normalized spacial score (nSPS) is 22.6. The second-order valence-corrected chi connectivity index (χ2v) is 4.66. The average Bonchev–Trinajstić information content (AvgIpc) is 2.82. The highest BCUT2D eigenvalue weighted by atomic mass is 15.2. The van der Waals surface area contributed by atoms with Crippen molar-refractivity contribution in [1.29, 1.82) is 0 Å². The van der Waals surface area contributed by atoms with Crippen molar-refractivity contribution in [2.75, 3.05) is 20.1 Å². The molecule has 0 aromatic carbocycles. The lowest BCUT2D eigenvalue weighted by Gasteiger charge is -2.27. The Labute approximate surface area is 97.9 Å². The molecule has 1 fully saturated rings. The first kappa shape index (κ1) is 11.6. The van der Waals surface area contributed by atoms with E-state index in [9.17, 15) is 0 Å². The van der Waals surface area contributed by atoms with Crippen molar-refractivity contribution in [2.24, 2.45) is 0 Å². The zero-order chi connectivity index (χ0) is 11.4. The first-order chi connectivity index (χ1) is 7.77. The van der Waals surface area contributed by atoms with E-state index in [0.717, 1.165) is 12.2 Å². The van der Waals surface area contributed by atoms with E-state index < -0.39 is 0 Å². The van der Waals surface area contributed by atoms with Gasteiger partial charge in [-0.2, -0.15) is 0 Å². The lowest BCUT2D eigenvalue weighted by Crippen LogP contribution is -2.36. The molecule has 0 aliphatic carbocycles. The molecule has 2 atom stereocenters. The van der Waals surface area contributed by atoms with E-state index in [2.05, 4.69) is 41.3 Å². The molecule has 88 valence electrons. The van der Waals surface area contributed by atoms with Gasteiger partial charge in [0.15, 0.2) is 0 Å². The smallest absolute Gasteiger partial charge is 0.0572 e. The van der Waals surface area contributed by atoms with Gasteiger partial charge in [-0.1, -0.05) is 6.07 Å². The molecule has 3 heteroatoms. The molecule has 0 bridgehead atoms. The third kappa shape index (κ3) is 2.80. The van der Waals surface area contributed by atoms with Gasteiger partial charge in [0.05, 0.1) is 5.69 Å². The van der Waals surface area contributed by atoms with Crippen LogP contribution in [-0.4, -0.2) is 36.1 Å². The Hall–Kier alpha value is -0.930. The number of nitrogens with one attached hydrogen (secondary N) is 1. The summed E-state index contributed by atoms with van der Waals surface area (Å²) in [6, 6.07) is 7.18. The summed E-state index contributed by atoms with van der Waals surface area (Å²) >= 11 is 0. The molecule has 2 heterocycles. The molecule has 1 aromatic rings. The van der Waals surface area contributed by atoms with Crippen LogP contribution in [0.25, 0.3) is 0 Å². The predicted molar refractivity (Wildman–Crippen MR) is 66.3 cm³/mol. The number of rotatable bonds is 4. The first-order valence-corrected chi connectivity index (χ1v) is 6.12. The summed E-state index contributed by atoms with van der Waals surface area (Å²) in [5.41, 5.74) is 1.16. The molecule has 2 rings (SSSR count). The first-order valence-electron chi connectivity index (χ1n) is 6.12. The third-order valence-electron chi connectivity index (χ3n) is 3.45. The van der Waals surface area contributed by atoms with Gasteiger partial charge in [-0.15, -0.1) is 0 Å². The standard InChI is InChI=1S/C13H21N3/c1-11(13-7-3-4-8-15-13)16(2)10-12-6-5-9-14-12/h3-4,7-8,11-12,14H,5-6,9-10H2,1-2H3/t11-,12-/m0/s1. The van der Waals surface area contributed by atoms with Gasteiger partial charge in [0.1, 0.15) is 0 Å². The van der Waals surface area contributed by atoms with Gasteiger partial charge in [0.2, 0.25) is 0 Å². The molecule has 16 heavy (non-hydrogen) atoms. The lowest BCUT2D eigenvalue weighted by atomic mass is 10.1. The van der Waals surface area contributed by atoms with E-state index in [1.807, 2.05) is 12.3 Å². The van der Waals surface area contributed by atoms with E-state index in [1.165, 1.54) is 19.4 Å². The van der Waals surface area contributed by atoms with Gasteiger partial charge < -0.3 is 5.32 Å². The van der Waals surface area contributed by atoms with Crippen LogP contribution >= 0.6 is 0 Å². The Kier molecular flexibility index (Phi) is 3.91. The SMILES string of the molecule is C[C@@H](c1ccccn1)N(C)C[C@@H]1CCCN1. The maximum absolute atomic E-state index is 4.41. The minimum Gasteiger partial charge on any atom is -0.313 e. The minimum absolute atomic E-state index is 0.392. The summed E-state index contributed by atoms with van der Waals surface area (Å²) < 4.78 is 0. The van der Waals surface area contributed by atoms with Crippen LogP contribution in [0.2, 0.25) is 0 Å². The lowest BCUT2D eigenvalue weighted by molar-refractivity contribution is 0.234. The number of hydrogen-bond donors (Lipinski definition) is 1. The molecule has 1 aliphatic rings. The molecule has 1 N–H and O–H groups in total. The van der Waals surface area contributed by atoms with Crippen molar-refractivity contribution in [3.63, 3.8) is 0 Å². The van der Waals surface area contributed by atoms with Crippen molar-refractivity contribution in [3.8, 4) is 0 Å². The van der Waals surface area contributed by atoms with Crippen LogP contribution in [0.3, 0.4) is 0 Å². The van der Waals surface area contributed by atoms with Crippen molar-refractivity contribution < 1.29 is 0 Å². The zero-order valence-electron chi connectivity index (χ0n) is 10.2. The van der Waals surface area contributed by atoms with E-state index in [1.54, 1.807) is 0 Å². The zero-order valence-corrected chi connectivity index (χ0v) is 10.2. The number of aromatic nitrogens is 1. The average molecular weight is 219 g/mol. The molecule has 0 amide bonds. The summed E-state index contributed by atoms with van der Waals surface area (Å²) in [5, 5.41) is 3.53. The van der Waals surface area contributed by atoms with Crippen LogP contribution in [0.4, 0.5) is 0 Å². The van der Waals surface area contributed by atoms with Crippen molar-refractivity contribution in [3.05, 3.63) is 30.1 Å². The van der Waals surface area contributed by atoms with E-state index in [-0.39, 0.29) is 0 Å². The molecule has 0 unspecified atom stereocenters. The second kappa shape index (κ2) is 5.41. The van der Waals surface area contributed by atoms with Gasteiger partial charge in [-0.3, -0.25) is 9.88 Å². The number of nitrogens with zero attached hydrogens (tertiary/aromatic N) is 2. The third-order valence-corrected chi connectivity index (χ3v) is 3.45. The van der Waals surface area contributed by atoms with E-state index in [0.29, 0.717) is 12.1 Å². The molecular weight excluding hydrogens is 198 g/mol. The van der Waals surface area contributed by atoms with Crippen molar-refractivity contribution in [2.45, 2.75) is 31.8 Å². The van der Waals surface area contributed by atoms with Crippen LogP contribution in [0.15, 0.2) is 24.4 Å². The van der Waals surface area contributed by atoms with Crippen LogP contribution in [-0.2, 0) is 0 Å². The van der Waals surface area contributed by atoms with Crippen molar-refractivity contribution in [1.82, 2.24) is 15.2 Å². The van der Waals surface area contributed by atoms with Crippen LogP contribution in [0, 0.1) is 0 Å². The molecule has 0 spiro atoms. The molecule has 1 aliphatic heterocycles. The fourth-order valence-corrected chi connectivity index (χ4v) is 2.27. The van der Waals surface area contributed by atoms with Gasteiger partial charge in [-0.25, -0.2) is 0 Å². The van der Waals surface area contributed by atoms with Gasteiger partial charge in [0.25, 0.3) is 0 Å². The molecule has 3 nitrogen and oxygen atoms in total. The molecular formula is C13H21N3. The molecule has 0 radical (unpaired) electrons. The van der Waals surface area contributed by atoms with Gasteiger partial charge in [-0.05, 0) is 45.5 Å². The van der Waals surface area contributed by atoms with Gasteiger partial charge in [0, 0.05) is 24.8 Å². The number of likely N-dealkylation sites (N-methyl/N-ethyl adjacent to an activating group) is 1. The topological polar surface area (TPSA) is 28.2 Å². The Morgan fingerprint density at radius 1 is 1.56 bits per heavy atom.